The molecule has 0 aromatic carbocycles. The van der Waals surface area contributed by atoms with E-state index in [1.165, 1.54) is 11.3 Å². The smallest absolute Gasteiger partial charge is 0.228 e. The summed E-state index contributed by atoms with van der Waals surface area (Å²) in [5, 5.41) is 2.32. The van der Waals surface area contributed by atoms with Gasteiger partial charge in [0.05, 0.1) is 24.4 Å². The number of amides is 1. The van der Waals surface area contributed by atoms with Crippen molar-refractivity contribution in [3.63, 3.8) is 0 Å². The number of pyridine rings is 1. The van der Waals surface area contributed by atoms with E-state index in [-0.39, 0.29) is 12.3 Å². The highest BCUT2D eigenvalue weighted by Gasteiger charge is 2.14. The fourth-order valence-corrected chi connectivity index (χ4v) is 2.30. The summed E-state index contributed by atoms with van der Waals surface area (Å²) in [6, 6.07) is 5.69. The van der Waals surface area contributed by atoms with Crippen molar-refractivity contribution in [2.24, 2.45) is 0 Å². The summed E-state index contributed by atoms with van der Waals surface area (Å²) >= 11 is 1.35. The summed E-state index contributed by atoms with van der Waals surface area (Å²) in [7, 11) is 0. The lowest BCUT2D eigenvalue weighted by atomic mass is 10.2. The van der Waals surface area contributed by atoms with Crippen molar-refractivity contribution >= 4 is 22.4 Å². The van der Waals surface area contributed by atoms with Gasteiger partial charge in [-0.15, -0.1) is 11.3 Å². The molecule has 0 radical (unpaired) electrons. The molecule has 0 unspecified atom stereocenters. The van der Waals surface area contributed by atoms with Crippen LogP contribution in [-0.4, -0.2) is 27.3 Å². The Bertz CT molecular complexity index is 541. The molecular weight excluding hydrogens is 260 g/mol. The van der Waals surface area contributed by atoms with Gasteiger partial charge in [0.2, 0.25) is 5.91 Å². The Balaban J connectivity index is 1.99. The van der Waals surface area contributed by atoms with E-state index in [1.54, 1.807) is 11.1 Å². The molecule has 0 aliphatic rings. The third-order valence-corrected chi connectivity index (χ3v) is 3.44. The Morgan fingerprint density at radius 2 is 2.26 bits per heavy atom. The van der Waals surface area contributed by atoms with E-state index in [4.69, 9.17) is 5.73 Å². The van der Waals surface area contributed by atoms with E-state index in [1.807, 2.05) is 30.5 Å². The van der Waals surface area contributed by atoms with E-state index in [9.17, 15) is 4.79 Å². The van der Waals surface area contributed by atoms with Crippen LogP contribution in [0.25, 0.3) is 0 Å². The Labute approximate surface area is 116 Å². The van der Waals surface area contributed by atoms with Crippen LogP contribution in [0.15, 0.2) is 29.8 Å². The van der Waals surface area contributed by atoms with Crippen molar-refractivity contribution in [3.8, 4) is 0 Å². The van der Waals surface area contributed by atoms with Crippen molar-refractivity contribution in [2.75, 3.05) is 12.3 Å². The zero-order valence-electron chi connectivity index (χ0n) is 10.7. The second-order valence-corrected chi connectivity index (χ2v) is 4.97. The highest BCUT2D eigenvalue weighted by molar-refractivity contribution is 7.13. The number of rotatable bonds is 5. The lowest BCUT2D eigenvalue weighted by molar-refractivity contribution is -0.131. The van der Waals surface area contributed by atoms with E-state index < -0.39 is 0 Å². The summed E-state index contributed by atoms with van der Waals surface area (Å²) in [5.74, 6) is 0.0402. The first kappa shape index (κ1) is 13.5. The summed E-state index contributed by atoms with van der Waals surface area (Å²) < 4.78 is 0. The van der Waals surface area contributed by atoms with Crippen LogP contribution in [-0.2, 0) is 17.8 Å². The second kappa shape index (κ2) is 6.29. The van der Waals surface area contributed by atoms with Gasteiger partial charge in [-0.2, -0.15) is 0 Å². The van der Waals surface area contributed by atoms with Gasteiger partial charge in [-0.05, 0) is 19.1 Å². The molecule has 2 aromatic rings. The predicted octanol–water partition coefficient (Wildman–Crippen LogP) is 1.71. The maximum absolute atomic E-state index is 12.2. The first-order chi connectivity index (χ1) is 9.19. The normalized spacial score (nSPS) is 10.4. The number of aromatic nitrogens is 2. The lowest BCUT2D eigenvalue weighted by Gasteiger charge is -2.20. The van der Waals surface area contributed by atoms with Gasteiger partial charge < -0.3 is 10.6 Å². The highest BCUT2D eigenvalue weighted by Crippen LogP contribution is 2.13. The second-order valence-electron chi connectivity index (χ2n) is 4.08. The van der Waals surface area contributed by atoms with E-state index in [2.05, 4.69) is 9.97 Å². The molecule has 6 heteroatoms. The zero-order chi connectivity index (χ0) is 13.7. The number of carbonyl (C=O) groups is 1. The number of nitrogens with zero attached hydrogens (tertiary/aromatic N) is 3. The number of carbonyl (C=O) groups excluding carboxylic acids is 1. The summed E-state index contributed by atoms with van der Waals surface area (Å²) in [6.07, 6.45) is 2.02. The van der Waals surface area contributed by atoms with Gasteiger partial charge >= 0.3 is 0 Å². The third kappa shape index (κ3) is 3.75. The van der Waals surface area contributed by atoms with Crippen LogP contribution in [0.2, 0.25) is 0 Å². The molecule has 0 fully saturated rings. The SMILES string of the molecule is CCN(Cc1ccccn1)C(=O)Cc1csc(N)n1. The molecule has 1 amide bonds. The van der Waals surface area contributed by atoms with Crippen LogP contribution in [0, 0.1) is 0 Å². The van der Waals surface area contributed by atoms with Crippen LogP contribution >= 0.6 is 11.3 Å². The van der Waals surface area contributed by atoms with Gasteiger partial charge in [0.15, 0.2) is 5.13 Å². The molecule has 0 saturated carbocycles. The molecular formula is C13H16N4OS. The first-order valence-electron chi connectivity index (χ1n) is 6.06. The molecule has 5 nitrogen and oxygen atoms in total. The molecule has 2 heterocycles. The largest absolute Gasteiger partial charge is 0.375 e. The summed E-state index contributed by atoms with van der Waals surface area (Å²) in [5.41, 5.74) is 7.17. The molecule has 2 N–H and O–H groups in total. The Morgan fingerprint density at radius 1 is 1.42 bits per heavy atom. The molecule has 2 aromatic heterocycles. The van der Waals surface area contributed by atoms with Crippen molar-refractivity contribution < 1.29 is 4.79 Å². The Hall–Kier alpha value is -1.95. The first-order valence-corrected chi connectivity index (χ1v) is 6.94. The van der Waals surface area contributed by atoms with Crippen LogP contribution < -0.4 is 5.73 Å². The minimum absolute atomic E-state index is 0.0402. The number of hydrogen-bond acceptors (Lipinski definition) is 5. The van der Waals surface area contributed by atoms with Crippen LogP contribution in [0.4, 0.5) is 5.13 Å². The number of anilines is 1. The monoisotopic (exact) mass is 276 g/mol. The molecule has 2 rings (SSSR count). The van der Waals surface area contributed by atoms with Gasteiger partial charge in [-0.3, -0.25) is 9.78 Å². The maximum Gasteiger partial charge on any atom is 0.228 e. The van der Waals surface area contributed by atoms with Crippen LogP contribution in [0.3, 0.4) is 0 Å². The van der Waals surface area contributed by atoms with Crippen molar-refractivity contribution in [1.82, 2.24) is 14.9 Å². The van der Waals surface area contributed by atoms with E-state index >= 15 is 0 Å². The predicted molar refractivity (Wildman–Crippen MR) is 75.6 cm³/mol. The van der Waals surface area contributed by atoms with Crippen LogP contribution in [0.1, 0.15) is 18.3 Å². The lowest BCUT2D eigenvalue weighted by Crippen LogP contribution is -2.32. The van der Waals surface area contributed by atoms with Gasteiger partial charge in [0, 0.05) is 18.1 Å². The number of likely N-dealkylation sites (N-methyl/N-ethyl adjacent to an activating group) is 1. The number of nitrogens with two attached hydrogens (primary N) is 1. The molecule has 0 atom stereocenters. The van der Waals surface area contributed by atoms with E-state index in [0.717, 1.165) is 11.4 Å². The Kier molecular flexibility index (Phi) is 4.46. The van der Waals surface area contributed by atoms with Gasteiger partial charge in [0.1, 0.15) is 0 Å². The molecule has 0 aliphatic carbocycles. The van der Waals surface area contributed by atoms with Crippen molar-refractivity contribution in [2.45, 2.75) is 19.9 Å². The molecule has 19 heavy (non-hydrogen) atoms. The van der Waals surface area contributed by atoms with Crippen molar-refractivity contribution in [3.05, 3.63) is 41.2 Å². The minimum atomic E-state index is 0.0402. The van der Waals surface area contributed by atoms with E-state index in [0.29, 0.717) is 18.2 Å². The summed E-state index contributed by atoms with van der Waals surface area (Å²) in [6.45, 7) is 3.13. The van der Waals surface area contributed by atoms with Gasteiger partial charge in [-0.1, -0.05) is 6.07 Å². The number of thiazole rings is 1. The molecule has 0 spiro atoms. The minimum Gasteiger partial charge on any atom is -0.375 e. The molecule has 100 valence electrons. The molecule has 0 bridgehead atoms. The van der Waals surface area contributed by atoms with Crippen LogP contribution in [0.5, 0.6) is 0 Å². The number of nitrogen functional groups attached to an aromatic ring is 1. The van der Waals surface area contributed by atoms with Crippen molar-refractivity contribution in [1.29, 1.82) is 0 Å². The number of hydrogen-bond donors (Lipinski definition) is 1. The third-order valence-electron chi connectivity index (χ3n) is 2.72. The standard InChI is InChI=1S/C13H16N4OS/c1-2-17(8-10-5-3-4-6-15-10)12(18)7-11-9-19-13(14)16-11/h3-6,9H,2,7-8H2,1H3,(H2,14,16). The highest BCUT2D eigenvalue weighted by atomic mass is 32.1. The zero-order valence-corrected chi connectivity index (χ0v) is 11.6. The molecule has 0 saturated heterocycles. The summed E-state index contributed by atoms with van der Waals surface area (Å²) in [4.78, 5) is 22.3. The molecule has 0 aliphatic heterocycles. The maximum atomic E-state index is 12.2. The van der Waals surface area contributed by atoms with Gasteiger partial charge in [-0.25, -0.2) is 4.98 Å². The van der Waals surface area contributed by atoms with Gasteiger partial charge in [0.25, 0.3) is 0 Å². The topological polar surface area (TPSA) is 72.1 Å². The fraction of sp³-hybridized carbons (Fsp3) is 0.308. The quantitative estimate of drug-likeness (QED) is 0.902. The average molecular weight is 276 g/mol. The fourth-order valence-electron chi connectivity index (χ4n) is 1.73. The Morgan fingerprint density at radius 3 is 2.84 bits per heavy atom. The average Bonchev–Trinajstić information content (AvgIpc) is 2.82.